The molecule has 0 aliphatic heterocycles. The van der Waals surface area contributed by atoms with Crippen molar-refractivity contribution in [3.63, 3.8) is 0 Å². The Labute approximate surface area is 73.4 Å². The Morgan fingerprint density at radius 2 is 2.42 bits per heavy atom. The number of nitriles is 1. The standard InChI is InChI=1S/C9H16N2O/c1-7(5-10)6-11-8-3-2-4-9(8)12/h7-9,11-12H,2-4,6H2,1H3. The molecule has 1 saturated carbocycles. The van der Waals surface area contributed by atoms with Crippen molar-refractivity contribution in [2.24, 2.45) is 5.92 Å². The van der Waals surface area contributed by atoms with Crippen molar-refractivity contribution in [2.45, 2.75) is 38.3 Å². The van der Waals surface area contributed by atoms with Crippen molar-refractivity contribution < 1.29 is 5.11 Å². The molecule has 0 aromatic carbocycles. The van der Waals surface area contributed by atoms with Gasteiger partial charge in [-0.25, -0.2) is 0 Å². The first-order valence-electron chi connectivity index (χ1n) is 4.55. The van der Waals surface area contributed by atoms with Crippen LogP contribution in [0.2, 0.25) is 0 Å². The van der Waals surface area contributed by atoms with E-state index in [1.165, 1.54) is 0 Å². The quantitative estimate of drug-likeness (QED) is 0.650. The SMILES string of the molecule is CC(C#N)CNC1CCCC1O. The van der Waals surface area contributed by atoms with E-state index in [9.17, 15) is 5.11 Å². The van der Waals surface area contributed by atoms with Gasteiger partial charge in [-0.05, 0) is 26.2 Å². The molecule has 0 aromatic heterocycles. The van der Waals surface area contributed by atoms with Crippen LogP contribution in [0.1, 0.15) is 26.2 Å². The zero-order valence-electron chi connectivity index (χ0n) is 7.45. The predicted octanol–water partition coefficient (Wildman–Crippen LogP) is 0.649. The molecule has 0 amide bonds. The largest absolute Gasteiger partial charge is 0.392 e. The Morgan fingerprint density at radius 1 is 1.67 bits per heavy atom. The van der Waals surface area contributed by atoms with Gasteiger partial charge in [0, 0.05) is 12.6 Å². The average molecular weight is 168 g/mol. The molecule has 1 aliphatic rings. The van der Waals surface area contributed by atoms with Crippen molar-refractivity contribution in [1.29, 1.82) is 5.26 Å². The van der Waals surface area contributed by atoms with Crippen LogP contribution >= 0.6 is 0 Å². The van der Waals surface area contributed by atoms with Gasteiger partial charge in [0.15, 0.2) is 0 Å². The maximum atomic E-state index is 9.43. The Morgan fingerprint density at radius 3 is 2.92 bits per heavy atom. The zero-order chi connectivity index (χ0) is 8.97. The second kappa shape index (κ2) is 4.44. The number of rotatable bonds is 3. The molecule has 0 heterocycles. The lowest BCUT2D eigenvalue weighted by Crippen LogP contribution is -2.37. The molecule has 68 valence electrons. The van der Waals surface area contributed by atoms with E-state index in [0.29, 0.717) is 6.54 Å². The summed E-state index contributed by atoms with van der Waals surface area (Å²) in [4.78, 5) is 0. The third-order valence-corrected chi connectivity index (χ3v) is 2.39. The fourth-order valence-corrected chi connectivity index (χ4v) is 1.55. The zero-order valence-corrected chi connectivity index (χ0v) is 7.45. The number of nitrogens with zero attached hydrogens (tertiary/aromatic N) is 1. The summed E-state index contributed by atoms with van der Waals surface area (Å²) >= 11 is 0. The molecule has 1 aliphatic carbocycles. The molecule has 1 rings (SSSR count). The first kappa shape index (κ1) is 9.50. The van der Waals surface area contributed by atoms with Crippen LogP contribution in [0.5, 0.6) is 0 Å². The molecule has 12 heavy (non-hydrogen) atoms. The van der Waals surface area contributed by atoms with E-state index in [0.717, 1.165) is 19.3 Å². The van der Waals surface area contributed by atoms with Gasteiger partial charge in [-0.1, -0.05) is 0 Å². The lowest BCUT2D eigenvalue weighted by Gasteiger charge is -2.16. The molecule has 0 spiro atoms. The number of hydrogen-bond acceptors (Lipinski definition) is 3. The van der Waals surface area contributed by atoms with Crippen molar-refractivity contribution in [2.75, 3.05) is 6.54 Å². The predicted molar refractivity (Wildman–Crippen MR) is 46.4 cm³/mol. The monoisotopic (exact) mass is 168 g/mol. The highest BCUT2D eigenvalue weighted by Gasteiger charge is 2.24. The van der Waals surface area contributed by atoms with Crippen molar-refractivity contribution in [1.82, 2.24) is 5.32 Å². The summed E-state index contributed by atoms with van der Waals surface area (Å²) in [6.07, 6.45) is 2.84. The molecule has 0 saturated heterocycles. The number of nitrogens with one attached hydrogen (secondary N) is 1. The van der Waals surface area contributed by atoms with E-state index in [4.69, 9.17) is 5.26 Å². The molecule has 1 fully saturated rings. The first-order chi connectivity index (χ1) is 5.74. The number of aliphatic hydroxyl groups is 1. The minimum Gasteiger partial charge on any atom is -0.392 e. The van der Waals surface area contributed by atoms with Gasteiger partial charge < -0.3 is 10.4 Å². The van der Waals surface area contributed by atoms with Crippen LogP contribution in [-0.4, -0.2) is 23.8 Å². The number of hydrogen-bond donors (Lipinski definition) is 2. The van der Waals surface area contributed by atoms with Gasteiger partial charge >= 0.3 is 0 Å². The topological polar surface area (TPSA) is 56.0 Å². The molecular formula is C9H16N2O. The summed E-state index contributed by atoms with van der Waals surface area (Å²) in [6, 6.07) is 2.38. The molecule has 2 N–H and O–H groups in total. The molecule has 0 radical (unpaired) electrons. The lowest BCUT2D eigenvalue weighted by molar-refractivity contribution is 0.148. The summed E-state index contributed by atoms with van der Waals surface area (Å²) in [6.45, 7) is 2.58. The molecule has 3 unspecified atom stereocenters. The van der Waals surface area contributed by atoms with E-state index < -0.39 is 0 Å². The smallest absolute Gasteiger partial charge is 0.0693 e. The molecule has 0 bridgehead atoms. The Bertz CT molecular complexity index is 176. The van der Waals surface area contributed by atoms with E-state index in [1.54, 1.807) is 0 Å². The maximum absolute atomic E-state index is 9.43. The second-order valence-electron chi connectivity index (χ2n) is 3.54. The van der Waals surface area contributed by atoms with E-state index >= 15 is 0 Å². The summed E-state index contributed by atoms with van der Waals surface area (Å²) < 4.78 is 0. The van der Waals surface area contributed by atoms with Crippen LogP contribution in [0.3, 0.4) is 0 Å². The highest BCUT2D eigenvalue weighted by molar-refractivity contribution is 4.86. The van der Waals surface area contributed by atoms with Gasteiger partial charge in [-0.15, -0.1) is 0 Å². The summed E-state index contributed by atoms with van der Waals surface area (Å²) in [7, 11) is 0. The van der Waals surface area contributed by atoms with E-state index in [-0.39, 0.29) is 18.1 Å². The lowest BCUT2D eigenvalue weighted by atomic mass is 10.1. The summed E-state index contributed by atoms with van der Waals surface area (Å²) in [5.74, 6) is 0.0396. The van der Waals surface area contributed by atoms with Crippen LogP contribution in [0.25, 0.3) is 0 Å². The van der Waals surface area contributed by atoms with Crippen molar-refractivity contribution >= 4 is 0 Å². The molecule has 3 heteroatoms. The van der Waals surface area contributed by atoms with Gasteiger partial charge in [-0.3, -0.25) is 0 Å². The van der Waals surface area contributed by atoms with Gasteiger partial charge in [0.05, 0.1) is 18.1 Å². The fraction of sp³-hybridized carbons (Fsp3) is 0.889. The first-order valence-corrected chi connectivity index (χ1v) is 4.55. The minimum atomic E-state index is -0.198. The molecular weight excluding hydrogens is 152 g/mol. The Balaban J connectivity index is 2.19. The summed E-state index contributed by atoms with van der Waals surface area (Å²) in [5.41, 5.74) is 0. The average Bonchev–Trinajstić information content (AvgIpc) is 2.47. The van der Waals surface area contributed by atoms with Crippen LogP contribution in [0.4, 0.5) is 0 Å². The Hall–Kier alpha value is -0.590. The maximum Gasteiger partial charge on any atom is 0.0693 e. The minimum absolute atomic E-state index is 0.0396. The fourth-order valence-electron chi connectivity index (χ4n) is 1.55. The van der Waals surface area contributed by atoms with E-state index in [1.807, 2.05) is 6.92 Å². The highest BCUT2D eigenvalue weighted by atomic mass is 16.3. The van der Waals surface area contributed by atoms with Gasteiger partial charge in [-0.2, -0.15) is 5.26 Å². The van der Waals surface area contributed by atoms with Gasteiger partial charge in [0.1, 0.15) is 0 Å². The number of aliphatic hydroxyl groups excluding tert-OH is 1. The normalized spacial score (nSPS) is 31.4. The molecule has 0 aromatic rings. The molecule has 3 atom stereocenters. The third-order valence-electron chi connectivity index (χ3n) is 2.39. The Kier molecular flexibility index (Phi) is 3.51. The van der Waals surface area contributed by atoms with E-state index in [2.05, 4.69) is 11.4 Å². The third kappa shape index (κ3) is 2.47. The van der Waals surface area contributed by atoms with Crippen LogP contribution < -0.4 is 5.32 Å². The van der Waals surface area contributed by atoms with Gasteiger partial charge in [0.2, 0.25) is 0 Å². The second-order valence-corrected chi connectivity index (χ2v) is 3.54. The van der Waals surface area contributed by atoms with Crippen LogP contribution in [0.15, 0.2) is 0 Å². The van der Waals surface area contributed by atoms with Gasteiger partial charge in [0.25, 0.3) is 0 Å². The molecule has 3 nitrogen and oxygen atoms in total. The van der Waals surface area contributed by atoms with Crippen LogP contribution in [-0.2, 0) is 0 Å². The van der Waals surface area contributed by atoms with Crippen molar-refractivity contribution in [3.05, 3.63) is 0 Å². The van der Waals surface area contributed by atoms with Crippen molar-refractivity contribution in [3.8, 4) is 6.07 Å². The highest BCUT2D eigenvalue weighted by Crippen LogP contribution is 2.18. The summed E-state index contributed by atoms with van der Waals surface area (Å²) in [5, 5.41) is 21.2. The van der Waals surface area contributed by atoms with Crippen LogP contribution in [0, 0.1) is 17.2 Å².